The molecule has 0 aliphatic carbocycles. The first-order chi connectivity index (χ1) is 48.6. The monoisotopic (exact) mass is 1520 g/mol. The van der Waals surface area contributed by atoms with Gasteiger partial charge in [-0.1, -0.05) is 0 Å². The van der Waals surface area contributed by atoms with Crippen LogP contribution in [0.4, 0.5) is 0 Å². The Morgan fingerprint density at radius 3 is 0.390 bits per heavy atom. The minimum Gasteiger partial charge on any atom is -0.373 e. The van der Waals surface area contributed by atoms with Gasteiger partial charge in [0.1, 0.15) is 99.1 Å². The molecule has 0 spiro atoms. The highest BCUT2D eigenvalue weighted by Crippen LogP contribution is 2.55. The van der Waals surface area contributed by atoms with Crippen LogP contribution in [-0.2, 0) is 154 Å². The molecule has 6 saturated heterocycles. The Morgan fingerprint density at radius 1 is 0.190 bits per heavy atom. The van der Waals surface area contributed by atoms with Crippen molar-refractivity contribution >= 4 is 70.4 Å². The second-order valence-corrected chi connectivity index (χ2v) is 52.1. The fourth-order valence-corrected chi connectivity index (χ4v) is 64.7. The Hall–Kier alpha value is -5.06. The first-order valence-corrected chi connectivity index (χ1v) is 52.8. The molecule has 6 aliphatic heterocycles. The predicted octanol–water partition coefficient (Wildman–Crippen LogP) is 5.36. The van der Waals surface area contributed by atoms with Crippen molar-refractivity contribution in [2.75, 3.05) is 0 Å². The van der Waals surface area contributed by atoms with E-state index in [1.54, 1.807) is 0 Å². The zero-order chi connectivity index (χ0) is 69.3. The molecule has 14 rings (SSSR count). The van der Waals surface area contributed by atoms with E-state index < -0.39 is 70.4 Å². The van der Waals surface area contributed by atoms with Gasteiger partial charge in [-0.25, -0.2) is 73.1 Å². The van der Waals surface area contributed by atoms with Crippen LogP contribution in [-0.4, -0.2) is 107 Å². The molecule has 0 aromatic carbocycles. The van der Waals surface area contributed by atoms with Gasteiger partial charge < -0.3 is 49.4 Å². The van der Waals surface area contributed by atoms with Gasteiger partial charge in [-0.2, -0.15) is 0 Å². The van der Waals surface area contributed by atoms with Crippen LogP contribution < -0.4 is 36.5 Å². The predicted molar refractivity (Wildman–Crippen MR) is 377 cm³/mol. The van der Waals surface area contributed by atoms with Crippen LogP contribution in [0.15, 0.2) is 150 Å². The van der Waals surface area contributed by atoms with Crippen molar-refractivity contribution in [3.63, 3.8) is 0 Å². The molecule has 8 bridgehead atoms. The molecule has 0 unspecified atom stereocenters. The van der Waals surface area contributed by atoms with Crippen LogP contribution in [0.5, 0.6) is 0 Å². The lowest BCUT2D eigenvalue weighted by atomic mass is 10.5. The van der Waals surface area contributed by atoms with E-state index in [0.717, 1.165) is 52.4 Å². The van der Waals surface area contributed by atoms with Gasteiger partial charge in [0.25, 0.3) is 0 Å². The Balaban J connectivity index is 1.03. The van der Waals surface area contributed by atoms with E-state index in [-0.39, 0.29) is 0 Å². The smallest absolute Gasteiger partial charge is 0.373 e. The molecule has 0 N–H and O–H groups in total. The van der Waals surface area contributed by atoms with E-state index in [4.69, 9.17) is 49.4 Å². The molecule has 0 amide bonds. The van der Waals surface area contributed by atoms with E-state index in [9.17, 15) is 0 Å². The third-order valence-electron chi connectivity index (χ3n) is 19.8. The molecule has 6 fully saturated rings. The van der Waals surface area contributed by atoms with Crippen molar-refractivity contribution in [3.8, 4) is 0 Å². The second kappa shape index (κ2) is 32.1. The Labute approximate surface area is 599 Å². The summed E-state index contributed by atoms with van der Waals surface area (Å²) in [5.41, 5.74) is 0. The van der Waals surface area contributed by atoms with Gasteiger partial charge in [-0.05, 0) is 107 Å². The lowest BCUT2D eigenvalue weighted by molar-refractivity contribution is -0.696. The first kappa shape index (κ1) is 73.3. The molecule has 28 nitrogen and oxygen atoms in total. The topological polar surface area (TPSA) is 181 Å². The van der Waals surface area contributed by atoms with E-state index in [1.807, 2.05) is 0 Å². The Bertz CT molecular complexity index is 3110. The summed E-state index contributed by atoms with van der Waals surface area (Å²) in [6.45, 7) is 29.4. The number of hydrogen-bond acceptors (Lipinski definition) is 12. The van der Waals surface area contributed by atoms with Gasteiger partial charge in [-0.3, -0.25) is 0 Å². The summed E-state index contributed by atoms with van der Waals surface area (Å²) < 4.78 is 138. The van der Waals surface area contributed by atoms with Crippen LogP contribution in [0.3, 0.4) is 0 Å². The average molecular weight is 1520 g/mol. The Kier molecular flexibility index (Phi) is 23.5. The molecule has 36 heteroatoms. The highest BCUT2D eigenvalue weighted by molar-refractivity contribution is 7.03. The summed E-state index contributed by atoms with van der Waals surface area (Å²) in [5, 5.41) is 0. The van der Waals surface area contributed by atoms with Crippen molar-refractivity contribution in [1.29, 1.82) is 0 Å². The van der Waals surface area contributed by atoms with Gasteiger partial charge in [-0.15, -0.1) is 0 Å². The van der Waals surface area contributed by atoms with Crippen molar-refractivity contribution in [2.45, 2.75) is 260 Å². The van der Waals surface area contributed by atoms with E-state index in [0.29, 0.717) is 152 Å². The van der Waals surface area contributed by atoms with Crippen LogP contribution in [0, 0.1) is 0 Å². The van der Waals surface area contributed by atoms with Crippen molar-refractivity contribution in [2.24, 2.45) is 0 Å². The molecular weight excluding hydrogens is 1410 g/mol. The summed E-state index contributed by atoms with van der Waals surface area (Å²) in [7, 11) is -35.1. The Morgan fingerprint density at radius 2 is 0.300 bits per heavy atom. The molecule has 8 aromatic rings. The van der Waals surface area contributed by atoms with Gasteiger partial charge in [0.2, 0.25) is 50.6 Å². The second-order valence-electron chi connectivity index (χ2n) is 27.4. The van der Waals surface area contributed by atoms with Crippen LogP contribution >= 0.6 is 0 Å². The zero-order valence-electron chi connectivity index (χ0n) is 60.5. The summed E-state index contributed by atoms with van der Waals surface area (Å²) in [4.78, 5) is 0. The largest absolute Gasteiger partial charge is 0.479 e. The SMILES string of the molecule is CCn1cc[n+](CCC[Si]23O[Si]4(CCC[n+]5ccn(CC)c5)O[Si]5(CCC[n+]6ccn(CC)c6)O[Si](CCC[n+]6ccn(CC)c6)(O2)O[Si]2(CCC[n+]6ccn(CC)c6)O[Si](CCC[n+]6ccn(CC)c6)(O3)O[Si](CCC[n+]3ccn(CC)c3)(O4)O[Si](CCC[n+]3ccn(CC)c3)(O5)O2)c1. The first-order valence-electron chi connectivity index (χ1n) is 37.4. The molecule has 0 radical (unpaired) electrons. The van der Waals surface area contributed by atoms with Crippen LogP contribution in [0.25, 0.3) is 0 Å². The highest BCUT2D eigenvalue weighted by atomic mass is 28.6. The minimum atomic E-state index is -4.38. The minimum absolute atomic E-state index is 0.371. The number of nitrogens with zero attached hydrogens (tertiary/aromatic N) is 16. The molecule has 0 atom stereocenters. The molecular formula is C64H112N16O12Si8+8. The fourth-order valence-electron chi connectivity index (χ4n) is 14.5. The van der Waals surface area contributed by atoms with Crippen molar-refractivity contribution in [3.05, 3.63) is 150 Å². The molecule has 544 valence electrons. The van der Waals surface area contributed by atoms with E-state index in [2.05, 4.69) is 278 Å². The summed E-state index contributed by atoms with van der Waals surface area (Å²) in [6, 6.07) is 2.96. The van der Waals surface area contributed by atoms with E-state index in [1.165, 1.54) is 0 Å². The third-order valence-corrected chi connectivity index (χ3v) is 57.4. The molecule has 100 heavy (non-hydrogen) atoms. The van der Waals surface area contributed by atoms with Crippen molar-refractivity contribution < 1.29 is 85.9 Å². The lowest BCUT2D eigenvalue weighted by Crippen LogP contribution is -2.88. The fraction of sp³-hybridized carbons (Fsp3) is 0.625. The van der Waals surface area contributed by atoms with E-state index >= 15 is 0 Å². The lowest BCUT2D eigenvalue weighted by Gasteiger charge is -2.63. The number of aromatic nitrogens is 16. The quantitative estimate of drug-likeness (QED) is 0.0355. The van der Waals surface area contributed by atoms with Gasteiger partial charge >= 0.3 is 70.4 Å². The summed E-state index contributed by atoms with van der Waals surface area (Å²) >= 11 is 0. The molecule has 8 aromatic heterocycles. The third kappa shape index (κ3) is 17.7. The normalized spacial score (nSPS) is 27.1. The average Bonchev–Trinajstić information content (AvgIpc) is 0.902. The van der Waals surface area contributed by atoms with Gasteiger partial charge in [0.05, 0.1) is 105 Å². The maximum Gasteiger partial charge on any atom is 0.479 e. The van der Waals surface area contributed by atoms with Gasteiger partial charge in [0.15, 0.2) is 0 Å². The molecule has 6 aliphatic rings. The number of rotatable bonds is 40. The number of imidazole rings is 8. The van der Waals surface area contributed by atoms with Crippen LogP contribution in [0.1, 0.15) is 107 Å². The molecule has 14 heterocycles. The number of hydrogen-bond donors (Lipinski definition) is 0. The summed E-state index contributed by atoms with van der Waals surface area (Å²) in [6.07, 6.45) is 56.5. The summed E-state index contributed by atoms with van der Waals surface area (Å²) in [5.74, 6) is 0. The number of aryl methyl sites for hydroxylation is 16. The highest BCUT2D eigenvalue weighted by Gasteiger charge is 2.83. The zero-order valence-corrected chi connectivity index (χ0v) is 68.5. The van der Waals surface area contributed by atoms with Crippen LogP contribution in [0.2, 0.25) is 48.4 Å². The maximum absolute atomic E-state index is 8.52. The van der Waals surface area contributed by atoms with Gasteiger partial charge in [0, 0.05) is 48.4 Å². The molecule has 0 saturated carbocycles. The maximum atomic E-state index is 8.52. The van der Waals surface area contributed by atoms with Crippen molar-refractivity contribution in [1.82, 2.24) is 36.5 Å². The standard InChI is InChI=1S/C64H112N16O12Si8/c1-9-65-33-41-73(57-65)25-17-49-93-81-94(50-18-26-74-42-34-66(10-2)58-74)84-97(53-21-29-77-45-37-69(13-5)61-77)86-95(82-93,51-19-27-75-43-35-67(11-3)59-75)88-99(55-23-31-79-47-39-71(15-7)63-79)89-96(83-93,52-20-28-76-44-36-68(12-4)60-76)87-98(85-94,54-22-30-78-46-38-70(14-6)62-78)91-100(90-97,92-99)56-24-32-80-48-40-72(16-8)64-80/h33-48,57-64H,9-32,49-56H2,1-8H3/q+8.